The van der Waals surface area contributed by atoms with E-state index in [9.17, 15) is 23.1 Å². The summed E-state index contributed by atoms with van der Waals surface area (Å²) < 4.78 is 54.9. The van der Waals surface area contributed by atoms with Crippen LogP contribution in [0.2, 0.25) is 0 Å². The third-order valence-corrected chi connectivity index (χ3v) is 7.60. The van der Waals surface area contributed by atoms with E-state index in [2.05, 4.69) is 5.32 Å². The van der Waals surface area contributed by atoms with Gasteiger partial charge in [-0.25, -0.2) is 4.39 Å². The van der Waals surface area contributed by atoms with Crippen LogP contribution in [-0.4, -0.2) is 47.3 Å². The number of halogens is 4. The Morgan fingerprint density at radius 3 is 2.33 bits per heavy atom. The molecule has 0 spiro atoms. The van der Waals surface area contributed by atoms with E-state index in [4.69, 9.17) is 0 Å². The topological polar surface area (TPSA) is 52.6 Å². The van der Waals surface area contributed by atoms with E-state index < -0.39 is 29.7 Å². The normalized spacial score (nSPS) is 21.1. The van der Waals surface area contributed by atoms with E-state index >= 15 is 4.39 Å². The molecule has 2 atom stereocenters. The van der Waals surface area contributed by atoms with Crippen molar-refractivity contribution in [2.45, 2.75) is 81.5 Å². The maximum atomic E-state index is 15.5. The first-order valence-electron chi connectivity index (χ1n) is 12.8. The van der Waals surface area contributed by atoms with Gasteiger partial charge in [0.2, 0.25) is 0 Å². The number of piperidine rings is 1. The number of rotatable bonds is 8. The van der Waals surface area contributed by atoms with E-state index in [-0.39, 0.29) is 49.7 Å². The zero-order valence-corrected chi connectivity index (χ0v) is 20.3. The number of aliphatic hydroxyl groups is 1. The molecule has 1 saturated heterocycles. The summed E-state index contributed by atoms with van der Waals surface area (Å²) in [5, 5.41) is 14.5. The van der Waals surface area contributed by atoms with Crippen molar-refractivity contribution in [3.05, 3.63) is 71.3 Å². The van der Waals surface area contributed by atoms with E-state index in [1.165, 1.54) is 18.6 Å². The van der Waals surface area contributed by atoms with Gasteiger partial charge in [0.05, 0.1) is 17.2 Å². The summed E-state index contributed by atoms with van der Waals surface area (Å²) in [5.74, 6) is -0.138. The Balaban J connectivity index is 1.41. The highest BCUT2D eigenvalue weighted by Gasteiger charge is 2.39. The molecule has 2 aliphatic rings. The lowest BCUT2D eigenvalue weighted by molar-refractivity contribution is -0.137. The van der Waals surface area contributed by atoms with E-state index in [1.54, 1.807) is 29.2 Å². The number of hydrogen-bond donors (Lipinski definition) is 2. The Morgan fingerprint density at radius 1 is 1.03 bits per heavy atom. The Bertz CT molecular complexity index is 1000. The standard InChI is InChI=1S/C28H34F4N2O2/c29-25(19-24(33-23-12-5-2-6-13-23)26(35)20-8-3-1-4-9-20)34-16-14-27(36,15-17-34)21-10-7-11-22(18-21)28(30,31)32/h1,3-4,7-11,18,23-25,33,36H,2,5-6,12-17,19H2. The zero-order valence-electron chi connectivity index (χ0n) is 20.3. The predicted octanol–water partition coefficient (Wildman–Crippen LogP) is 5.85. The van der Waals surface area contributed by atoms with Crippen LogP contribution in [0.1, 0.15) is 72.9 Å². The molecule has 2 aromatic carbocycles. The number of carbonyl (C=O) groups is 1. The van der Waals surface area contributed by atoms with Crippen molar-refractivity contribution in [3.63, 3.8) is 0 Å². The number of carbonyl (C=O) groups excluding carboxylic acids is 1. The summed E-state index contributed by atoms with van der Waals surface area (Å²) in [6, 6.07) is 13.1. The molecular weight excluding hydrogens is 472 g/mol. The number of hydrogen-bond acceptors (Lipinski definition) is 4. The molecule has 2 aromatic rings. The average Bonchev–Trinajstić information content (AvgIpc) is 2.89. The van der Waals surface area contributed by atoms with E-state index in [0.29, 0.717) is 5.56 Å². The number of alkyl halides is 4. The van der Waals surface area contributed by atoms with Crippen molar-refractivity contribution in [1.82, 2.24) is 10.2 Å². The Hall–Kier alpha value is -2.29. The average molecular weight is 507 g/mol. The van der Waals surface area contributed by atoms with Gasteiger partial charge in [0.25, 0.3) is 0 Å². The third-order valence-electron chi connectivity index (χ3n) is 7.60. The first-order chi connectivity index (χ1) is 17.2. The fourth-order valence-electron chi connectivity index (χ4n) is 5.40. The summed E-state index contributed by atoms with van der Waals surface area (Å²) in [6.07, 6.45) is -0.438. The molecule has 36 heavy (non-hydrogen) atoms. The van der Waals surface area contributed by atoms with Gasteiger partial charge in [-0.15, -0.1) is 0 Å². The first-order valence-corrected chi connectivity index (χ1v) is 12.8. The van der Waals surface area contributed by atoms with Crippen molar-refractivity contribution < 1.29 is 27.5 Å². The molecule has 0 bridgehead atoms. The second-order valence-corrected chi connectivity index (χ2v) is 10.1. The number of Topliss-reactive ketones (excluding diaryl/α,β-unsaturated/α-hetero) is 1. The largest absolute Gasteiger partial charge is 0.416 e. The SMILES string of the molecule is O=C(c1ccccc1)C(CC(F)N1CCC(O)(c2cccc(C(F)(F)F)c2)CC1)NC1CCCCC1. The minimum atomic E-state index is -4.50. The van der Waals surface area contributed by atoms with Gasteiger partial charge >= 0.3 is 6.18 Å². The van der Waals surface area contributed by atoms with E-state index in [0.717, 1.165) is 37.8 Å². The molecule has 1 aliphatic heterocycles. The van der Waals surface area contributed by atoms with Crippen LogP contribution in [0, 0.1) is 0 Å². The number of benzene rings is 2. The lowest BCUT2D eigenvalue weighted by atomic mass is 9.83. The third kappa shape index (κ3) is 6.52. The molecule has 0 aromatic heterocycles. The van der Waals surface area contributed by atoms with Gasteiger partial charge in [0.15, 0.2) is 12.1 Å². The van der Waals surface area contributed by atoms with Gasteiger partial charge in [-0.1, -0.05) is 61.7 Å². The fourth-order valence-corrected chi connectivity index (χ4v) is 5.40. The minimum Gasteiger partial charge on any atom is -0.385 e. The molecule has 2 fully saturated rings. The van der Waals surface area contributed by atoms with Crippen LogP contribution in [0.4, 0.5) is 17.6 Å². The van der Waals surface area contributed by atoms with Crippen LogP contribution in [0.25, 0.3) is 0 Å². The number of likely N-dealkylation sites (tertiary alicyclic amines) is 1. The lowest BCUT2D eigenvalue weighted by Gasteiger charge is -2.40. The van der Waals surface area contributed by atoms with Crippen molar-refractivity contribution in [1.29, 1.82) is 0 Å². The van der Waals surface area contributed by atoms with Gasteiger partial charge in [-0.3, -0.25) is 9.69 Å². The quantitative estimate of drug-likeness (QED) is 0.268. The summed E-state index contributed by atoms with van der Waals surface area (Å²) >= 11 is 0. The highest BCUT2D eigenvalue weighted by molar-refractivity contribution is 6.00. The van der Waals surface area contributed by atoms with Crippen LogP contribution in [-0.2, 0) is 11.8 Å². The molecule has 1 aliphatic carbocycles. The Kier molecular flexibility index (Phi) is 8.48. The zero-order chi connectivity index (χ0) is 25.8. The molecule has 8 heteroatoms. The predicted molar refractivity (Wildman–Crippen MR) is 130 cm³/mol. The van der Waals surface area contributed by atoms with Crippen molar-refractivity contribution in [2.24, 2.45) is 0 Å². The summed E-state index contributed by atoms with van der Waals surface area (Å²) in [7, 11) is 0. The van der Waals surface area contributed by atoms with Crippen LogP contribution < -0.4 is 5.32 Å². The molecule has 1 saturated carbocycles. The van der Waals surface area contributed by atoms with Crippen molar-refractivity contribution in [3.8, 4) is 0 Å². The smallest absolute Gasteiger partial charge is 0.385 e. The molecule has 1 heterocycles. The lowest BCUT2D eigenvalue weighted by Crippen LogP contribution is -2.50. The Labute approximate surface area is 209 Å². The first kappa shape index (κ1) is 26.8. The maximum Gasteiger partial charge on any atom is 0.416 e. The molecule has 4 nitrogen and oxygen atoms in total. The van der Waals surface area contributed by atoms with Crippen molar-refractivity contribution in [2.75, 3.05) is 13.1 Å². The Morgan fingerprint density at radius 2 is 1.69 bits per heavy atom. The molecule has 0 radical (unpaired) electrons. The van der Waals surface area contributed by atoms with Crippen molar-refractivity contribution >= 4 is 5.78 Å². The molecule has 0 amide bonds. The fraction of sp³-hybridized carbons (Fsp3) is 0.536. The molecule has 2 unspecified atom stereocenters. The summed E-state index contributed by atoms with van der Waals surface area (Å²) in [6.45, 7) is 0.368. The van der Waals surface area contributed by atoms with Gasteiger partial charge in [-0.05, 0) is 43.4 Å². The van der Waals surface area contributed by atoms with Crippen LogP contribution in [0.15, 0.2) is 54.6 Å². The van der Waals surface area contributed by atoms with Gasteiger partial charge in [-0.2, -0.15) is 13.2 Å². The number of ketones is 1. The second-order valence-electron chi connectivity index (χ2n) is 10.1. The monoisotopic (exact) mass is 506 g/mol. The van der Waals surface area contributed by atoms with Crippen LogP contribution in [0.5, 0.6) is 0 Å². The van der Waals surface area contributed by atoms with Gasteiger partial charge in [0, 0.05) is 31.1 Å². The maximum absolute atomic E-state index is 15.5. The van der Waals surface area contributed by atoms with Gasteiger partial charge in [0.1, 0.15) is 0 Å². The van der Waals surface area contributed by atoms with Gasteiger partial charge < -0.3 is 10.4 Å². The summed E-state index contributed by atoms with van der Waals surface area (Å²) in [5.41, 5.74) is -1.52. The number of nitrogens with zero attached hydrogens (tertiary/aromatic N) is 1. The minimum absolute atomic E-state index is 0.0216. The molecular formula is C28H34F4N2O2. The second kappa shape index (κ2) is 11.4. The van der Waals surface area contributed by atoms with Crippen LogP contribution in [0.3, 0.4) is 0 Å². The van der Waals surface area contributed by atoms with Crippen LogP contribution >= 0.6 is 0 Å². The van der Waals surface area contributed by atoms with E-state index in [1.807, 2.05) is 6.07 Å². The molecule has 2 N–H and O–H groups in total. The highest BCUT2D eigenvalue weighted by Crippen LogP contribution is 2.37. The highest BCUT2D eigenvalue weighted by atomic mass is 19.4. The molecule has 4 rings (SSSR count). The molecule has 196 valence electrons. The summed E-state index contributed by atoms with van der Waals surface area (Å²) in [4.78, 5) is 14.8. The number of nitrogens with one attached hydrogen (secondary N) is 1.